The van der Waals surface area contributed by atoms with Crippen molar-refractivity contribution in [3.63, 3.8) is 0 Å². The Morgan fingerprint density at radius 1 is 1.20 bits per heavy atom. The molecule has 0 fully saturated rings. The molecule has 2 aromatic rings. The first-order valence-electron chi connectivity index (χ1n) is 6.55. The van der Waals surface area contributed by atoms with Crippen molar-refractivity contribution in [1.82, 2.24) is 0 Å². The standard InChI is InChI=1S/C16H17BrN2O/c1-2-10-19(15-5-3-4-14(18)11-15)16(20)12-6-8-13(17)9-7-12/h3-9,11H,2,10,18H2,1H3. The van der Waals surface area contributed by atoms with Crippen LogP contribution in [0.25, 0.3) is 0 Å². The Bertz CT molecular complexity index is 596. The van der Waals surface area contributed by atoms with Gasteiger partial charge in [0.25, 0.3) is 5.91 Å². The van der Waals surface area contributed by atoms with Crippen LogP contribution in [0.2, 0.25) is 0 Å². The summed E-state index contributed by atoms with van der Waals surface area (Å²) in [4.78, 5) is 14.4. The Hall–Kier alpha value is -1.81. The lowest BCUT2D eigenvalue weighted by Gasteiger charge is -2.22. The summed E-state index contributed by atoms with van der Waals surface area (Å²) in [7, 11) is 0. The van der Waals surface area contributed by atoms with Gasteiger partial charge in [-0.1, -0.05) is 28.9 Å². The van der Waals surface area contributed by atoms with Crippen LogP contribution in [0.1, 0.15) is 23.7 Å². The monoisotopic (exact) mass is 332 g/mol. The number of rotatable bonds is 4. The second-order valence-corrected chi connectivity index (χ2v) is 5.47. The molecule has 2 aromatic carbocycles. The minimum atomic E-state index is -0.00931. The number of halogens is 1. The summed E-state index contributed by atoms with van der Waals surface area (Å²) < 4.78 is 0.958. The molecule has 20 heavy (non-hydrogen) atoms. The maximum atomic E-state index is 12.6. The zero-order chi connectivity index (χ0) is 14.5. The van der Waals surface area contributed by atoms with Crippen molar-refractivity contribution >= 4 is 33.2 Å². The molecule has 4 heteroatoms. The van der Waals surface area contributed by atoms with Gasteiger partial charge in [-0.05, 0) is 48.9 Å². The van der Waals surface area contributed by atoms with E-state index < -0.39 is 0 Å². The number of nitrogens with two attached hydrogens (primary N) is 1. The van der Waals surface area contributed by atoms with Crippen LogP contribution in [0.4, 0.5) is 11.4 Å². The second-order valence-electron chi connectivity index (χ2n) is 4.56. The van der Waals surface area contributed by atoms with Gasteiger partial charge in [0.2, 0.25) is 0 Å². The predicted molar refractivity (Wildman–Crippen MR) is 87.0 cm³/mol. The number of amides is 1. The highest BCUT2D eigenvalue weighted by Crippen LogP contribution is 2.21. The van der Waals surface area contributed by atoms with Crippen LogP contribution in [0.15, 0.2) is 53.0 Å². The highest BCUT2D eigenvalue weighted by Gasteiger charge is 2.16. The number of hydrogen-bond donors (Lipinski definition) is 1. The van der Waals surface area contributed by atoms with E-state index in [0.29, 0.717) is 17.8 Å². The summed E-state index contributed by atoms with van der Waals surface area (Å²) in [6.07, 6.45) is 0.886. The summed E-state index contributed by atoms with van der Waals surface area (Å²) in [6, 6.07) is 14.8. The number of benzene rings is 2. The van der Waals surface area contributed by atoms with Crippen LogP contribution >= 0.6 is 15.9 Å². The van der Waals surface area contributed by atoms with Crippen LogP contribution < -0.4 is 10.6 Å². The largest absolute Gasteiger partial charge is 0.399 e. The number of nitrogens with zero attached hydrogens (tertiary/aromatic N) is 1. The molecule has 2 N–H and O–H groups in total. The molecule has 0 saturated carbocycles. The Morgan fingerprint density at radius 2 is 1.90 bits per heavy atom. The van der Waals surface area contributed by atoms with Gasteiger partial charge in [-0.15, -0.1) is 0 Å². The second kappa shape index (κ2) is 6.57. The smallest absolute Gasteiger partial charge is 0.258 e. The summed E-state index contributed by atoms with van der Waals surface area (Å²) >= 11 is 3.38. The predicted octanol–water partition coefficient (Wildman–Crippen LogP) is 4.09. The molecule has 0 spiro atoms. The van der Waals surface area contributed by atoms with Gasteiger partial charge in [0.15, 0.2) is 0 Å². The van der Waals surface area contributed by atoms with Crippen molar-refractivity contribution in [2.24, 2.45) is 0 Å². The minimum Gasteiger partial charge on any atom is -0.399 e. The molecular weight excluding hydrogens is 316 g/mol. The fourth-order valence-corrected chi connectivity index (χ4v) is 2.28. The quantitative estimate of drug-likeness (QED) is 0.857. The Labute approximate surface area is 127 Å². The first kappa shape index (κ1) is 14.6. The van der Waals surface area contributed by atoms with E-state index in [9.17, 15) is 4.79 Å². The normalized spacial score (nSPS) is 10.3. The Balaban J connectivity index is 2.33. The van der Waals surface area contributed by atoms with Gasteiger partial charge >= 0.3 is 0 Å². The van der Waals surface area contributed by atoms with Crippen molar-refractivity contribution < 1.29 is 4.79 Å². The van der Waals surface area contributed by atoms with Crippen molar-refractivity contribution in [3.05, 3.63) is 58.6 Å². The Kier molecular flexibility index (Phi) is 4.79. The van der Waals surface area contributed by atoms with E-state index >= 15 is 0 Å². The zero-order valence-electron chi connectivity index (χ0n) is 11.3. The fourth-order valence-electron chi connectivity index (χ4n) is 2.01. The molecule has 0 aromatic heterocycles. The highest BCUT2D eigenvalue weighted by molar-refractivity contribution is 9.10. The van der Waals surface area contributed by atoms with E-state index in [1.807, 2.05) is 55.5 Å². The van der Waals surface area contributed by atoms with Gasteiger partial charge < -0.3 is 10.6 Å². The summed E-state index contributed by atoms with van der Waals surface area (Å²) in [6.45, 7) is 2.71. The lowest BCUT2D eigenvalue weighted by atomic mass is 10.1. The molecule has 0 aliphatic carbocycles. The lowest BCUT2D eigenvalue weighted by Crippen LogP contribution is -2.31. The number of anilines is 2. The van der Waals surface area contributed by atoms with Crippen molar-refractivity contribution in [3.8, 4) is 0 Å². The highest BCUT2D eigenvalue weighted by atomic mass is 79.9. The molecule has 0 aliphatic heterocycles. The van der Waals surface area contributed by atoms with Crippen molar-refractivity contribution in [1.29, 1.82) is 0 Å². The third kappa shape index (κ3) is 3.39. The van der Waals surface area contributed by atoms with E-state index in [0.717, 1.165) is 16.6 Å². The van der Waals surface area contributed by atoms with Gasteiger partial charge in [-0.25, -0.2) is 0 Å². The van der Waals surface area contributed by atoms with Gasteiger partial charge in [0, 0.05) is 28.0 Å². The first-order valence-corrected chi connectivity index (χ1v) is 7.34. The average molecular weight is 333 g/mol. The number of carbonyl (C=O) groups excluding carboxylic acids is 1. The number of hydrogen-bond acceptors (Lipinski definition) is 2. The third-order valence-corrected chi connectivity index (χ3v) is 3.49. The van der Waals surface area contributed by atoms with Crippen LogP contribution in [-0.2, 0) is 0 Å². The number of carbonyl (C=O) groups is 1. The van der Waals surface area contributed by atoms with Gasteiger partial charge in [0.1, 0.15) is 0 Å². The molecule has 104 valence electrons. The third-order valence-electron chi connectivity index (χ3n) is 2.97. The van der Waals surface area contributed by atoms with Crippen LogP contribution in [0.3, 0.4) is 0 Å². The summed E-state index contributed by atoms with van der Waals surface area (Å²) in [5.74, 6) is -0.00931. The Morgan fingerprint density at radius 3 is 2.50 bits per heavy atom. The SMILES string of the molecule is CCCN(C(=O)c1ccc(Br)cc1)c1cccc(N)c1. The van der Waals surface area contributed by atoms with Crippen molar-refractivity contribution in [2.45, 2.75) is 13.3 Å². The molecule has 1 amide bonds. The van der Waals surface area contributed by atoms with E-state index in [4.69, 9.17) is 5.73 Å². The van der Waals surface area contributed by atoms with Gasteiger partial charge in [-0.2, -0.15) is 0 Å². The van der Waals surface area contributed by atoms with Crippen LogP contribution in [-0.4, -0.2) is 12.5 Å². The molecule has 2 rings (SSSR count). The first-order chi connectivity index (χ1) is 9.61. The molecule has 0 bridgehead atoms. The molecule has 3 nitrogen and oxygen atoms in total. The zero-order valence-corrected chi connectivity index (χ0v) is 12.9. The summed E-state index contributed by atoms with van der Waals surface area (Å²) in [5, 5.41) is 0. The molecule has 0 aliphatic rings. The van der Waals surface area contributed by atoms with Gasteiger partial charge in [0.05, 0.1) is 0 Å². The van der Waals surface area contributed by atoms with E-state index in [-0.39, 0.29) is 5.91 Å². The van der Waals surface area contributed by atoms with Gasteiger partial charge in [-0.3, -0.25) is 4.79 Å². The van der Waals surface area contributed by atoms with E-state index in [1.165, 1.54) is 0 Å². The summed E-state index contributed by atoms with van der Waals surface area (Å²) in [5.41, 5.74) is 7.97. The van der Waals surface area contributed by atoms with Crippen LogP contribution in [0, 0.1) is 0 Å². The lowest BCUT2D eigenvalue weighted by molar-refractivity contribution is 0.0987. The molecular formula is C16H17BrN2O. The molecule has 0 unspecified atom stereocenters. The topological polar surface area (TPSA) is 46.3 Å². The maximum absolute atomic E-state index is 12.6. The minimum absolute atomic E-state index is 0.00931. The van der Waals surface area contributed by atoms with E-state index in [1.54, 1.807) is 4.90 Å². The molecule has 0 heterocycles. The molecule has 0 atom stereocenters. The fraction of sp³-hybridized carbons (Fsp3) is 0.188. The number of nitrogen functional groups attached to an aromatic ring is 1. The molecule has 0 radical (unpaired) electrons. The van der Waals surface area contributed by atoms with Crippen molar-refractivity contribution in [2.75, 3.05) is 17.2 Å². The average Bonchev–Trinajstić information content (AvgIpc) is 2.45. The maximum Gasteiger partial charge on any atom is 0.258 e. The van der Waals surface area contributed by atoms with Crippen LogP contribution in [0.5, 0.6) is 0 Å². The molecule has 0 saturated heterocycles. The van der Waals surface area contributed by atoms with E-state index in [2.05, 4.69) is 15.9 Å².